The summed E-state index contributed by atoms with van der Waals surface area (Å²) in [6.07, 6.45) is 9.17. The number of nitrogens with zero attached hydrogens (tertiary/aromatic N) is 4. The SMILES string of the molecule is CN(C)C/C=C/C(=O)N(C)C1CCC(Nc2n[nH]c3nccc(COc4cccc(Oc5ccccc5)c4)c23)CC1. The Labute approximate surface area is 241 Å². The molecule has 0 aliphatic heterocycles. The van der Waals surface area contributed by atoms with Crippen molar-refractivity contribution in [2.24, 2.45) is 0 Å². The van der Waals surface area contributed by atoms with Gasteiger partial charge in [0.05, 0.1) is 5.39 Å². The Morgan fingerprint density at radius 1 is 1.00 bits per heavy atom. The number of benzene rings is 2. The van der Waals surface area contributed by atoms with Crippen molar-refractivity contribution in [2.45, 2.75) is 44.4 Å². The summed E-state index contributed by atoms with van der Waals surface area (Å²) in [7, 11) is 5.88. The van der Waals surface area contributed by atoms with Gasteiger partial charge in [-0.2, -0.15) is 5.10 Å². The molecule has 1 amide bonds. The van der Waals surface area contributed by atoms with Crippen molar-refractivity contribution in [3.05, 3.63) is 84.6 Å². The van der Waals surface area contributed by atoms with E-state index in [0.717, 1.165) is 66.1 Å². The van der Waals surface area contributed by atoms with Gasteiger partial charge in [0.25, 0.3) is 0 Å². The van der Waals surface area contributed by atoms with E-state index < -0.39 is 0 Å². The first-order valence-corrected chi connectivity index (χ1v) is 14.1. The predicted octanol–water partition coefficient (Wildman–Crippen LogP) is 5.63. The minimum absolute atomic E-state index is 0.0643. The Morgan fingerprint density at radius 3 is 2.54 bits per heavy atom. The van der Waals surface area contributed by atoms with Crippen LogP contribution in [-0.4, -0.2) is 70.7 Å². The Bertz CT molecular complexity index is 1460. The molecule has 0 unspecified atom stereocenters. The molecule has 0 spiro atoms. The smallest absolute Gasteiger partial charge is 0.246 e. The zero-order valence-corrected chi connectivity index (χ0v) is 23.9. The number of aromatic nitrogens is 3. The average Bonchev–Trinajstić information content (AvgIpc) is 3.40. The van der Waals surface area contributed by atoms with Crippen molar-refractivity contribution < 1.29 is 14.3 Å². The van der Waals surface area contributed by atoms with Crippen molar-refractivity contribution in [3.8, 4) is 17.2 Å². The molecule has 1 fully saturated rings. The maximum atomic E-state index is 12.6. The molecule has 2 N–H and O–H groups in total. The van der Waals surface area contributed by atoms with Crippen LogP contribution in [0.4, 0.5) is 5.82 Å². The van der Waals surface area contributed by atoms with E-state index in [-0.39, 0.29) is 18.0 Å². The molecule has 0 saturated heterocycles. The molecule has 2 aromatic heterocycles. The molecule has 0 radical (unpaired) electrons. The van der Waals surface area contributed by atoms with Crippen LogP contribution in [0.25, 0.3) is 11.0 Å². The van der Waals surface area contributed by atoms with Crippen LogP contribution in [0.1, 0.15) is 31.2 Å². The summed E-state index contributed by atoms with van der Waals surface area (Å²) in [4.78, 5) is 21.0. The molecule has 9 nitrogen and oxygen atoms in total. The summed E-state index contributed by atoms with van der Waals surface area (Å²) in [5, 5.41) is 12.2. The Hall–Kier alpha value is -4.37. The summed E-state index contributed by atoms with van der Waals surface area (Å²) in [6, 6.07) is 19.8. The number of hydrogen-bond donors (Lipinski definition) is 2. The number of aromatic amines is 1. The van der Waals surface area contributed by atoms with Crippen LogP contribution >= 0.6 is 0 Å². The summed E-state index contributed by atoms with van der Waals surface area (Å²) in [5.74, 6) is 3.06. The van der Waals surface area contributed by atoms with E-state index in [1.807, 2.05) is 97.7 Å². The molecule has 1 aliphatic rings. The zero-order valence-electron chi connectivity index (χ0n) is 23.9. The molecule has 1 aliphatic carbocycles. The maximum absolute atomic E-state index is 12.6. The Morgan fingerprint density at radius 2 is 1.76 bits per heavy atom. The maximum Gasteiger partial charge on any atom is 0.246 e. The Balaban J connectivity index is 1.19. The van der Waals surface area contributed by atoms with Crippen molar-refractivity contribution in [1.29, 1.82) is 0 Å². The van der Waals surface area contributed by atoms with Crippen LogP contribution in [0.3, 0.4) is 0 Å². The molecule has 2 aromatic carbocycles. The monoisotopic (exact) mass is 554 g/mol. The largest absolute Gasteiger partial charge is 0.489 e. The number of nitrogens with one attached hydrogen (secondary N) is 2. The van der Waals surface area contributed by atoms with E-state index >= 15 is 0 Å². The van der Waals surface area contributed by atoms with E-state index in [0.29, 0.717) is 12.4 Å². The highest BCUT2D eigenvalue weighted by Crippen LogP contribution is 2.30. The van der Waals surface area contributed by atoms with Gasteiger partial charge in [-0.05, 0) is 70.1 Å². The summed E-state index contributed by atoms with van der Waals surface area (Å²) in [6.45, 7) is 1.12. The normalized spacial score (nSPS) is 17.2. The average molecular weight is 555 g/mol. The van der Waals surface area contributed by atoms with Gasteiger partial charge in [-0.3, -0.25) is 9.89 Å². The topological polar surface area (TPSA) is 95.6 Å². The number of ether oxygens (including phenoxy) is 2. The highest BCUT2D eigenvalue weighted by atomic mass is 16.5. The highest BCUT2D eigenvalue weighted by Gasteiger charge is 2.27. The second-order valence-corrected chi connectivity index (χ2v) is 10.7. The summed E-state index contributed by atoms with van der Waals surface area (Å²) < 4.78 is 12.1. The third-order valence-corrected chi connectivity index (χ3v) is 7.39. The standard InChI is InChI=1S/C32H38N6O3/c1-37(2)20-8-13-29(39)38(3)25-16-14-24(15-17-25)34-32-30-23(18-19-33-31(30)35-36-32)22-40-27-11-7-12-28(21-27)41-26-9-5-4-6-10-26/h4-13,18-19,21,24-25H,14-17,20,22H2,1-3H3,(H2,33,34,35,36)/b13-8+. The van der Waals surface area contributed by atoms with E-state index in [4.69, 9.17) is 9.47 Å². The van der Waals surface area contributed by atoms with Crippen LogP contribution in [0.2, 0.25) is 0 Å². The van der Waals surface area contributed by atoms with Crippen molar-refractivity contribution in [1.82, 2.24) is 25.0 Å². The van der Waals surface area contributed by atoms with Gasteiger partial charge < -0.3 is 24.6 Å². The minimum atomic E-state index is 0.0643. The van der Waals surface area contributed by atoms with Gasteiger partial charge in [-0.15, -0.1) is 0 Å². The number of anilines is 1. The molecule has 5 rings (SSSR count). The lowest BCUT2D eigenvalue weighted by Crippen LogP contribution is -2.41. The quantitative estimate of drug-likeness (QED) is 0.232. The number of hydrogen-bond acceptors (Lipinski definition) is 7. The van der Waals surface area contributed by atoms with Crippen LogP contribution in [0, 0.1) is 0 Å². The molecular weight excluding hydrogens is 516 g/mol. The highest BCUT2D eigenvalue weighted by molar-refractivity contribution is 5.90. The third kappa shape index (κ3) is 7.43. The van der Waals surface area contributed by atoms with Crippen LogP contribution in [-0.2, 0) is 11.4 Å². The molecule has 2 heterocycles. The summed E-state index contributed by atoms with van der Waals surface area (Å²) >= 11 is 0. The van der Waals surface area contributed by atoms with Crippen molar-refractivity contribution >= 4 is 22.8 Å². The lowest BCUT2D eigenvalue weighted by molar-refractivity contribution is -0.127. The zero-order chi connectivity index (χ0) is 28.6. The number of carbonyl (C=O) groups excluding carboxylic acids is 1. The van der Waals surface area contributed by atoms with Gasteiger partial charge in [0.2, 0.25) is 5.91 Å². The molecular formula is C32H38N6O3. The number of para-hydroxylation sites is 1. The van der Waals surface area contributed by atoms with Gasteiger partial charge in [0.15, 0.2) is 11.5 Å². The van der Waals surface area contributed by atoms with E-state index in [2.05, 4.69) is 20.5 Å². The number of carbonyl (C=O) groups is 1. The predicted molar refractivity (Wildman–Crippen MR) is 161 cm³/mol. The van der Waals surface area contributed by atoms with Gasteiger partial charge in [-0.1, -0.05) is 30.3 Å². The minimum Gasteiger partial charge on any atom is -0.489 e. The fourth-order valence-corrected chi connectivity index (χ4v) is 5.12. The third-order valence-electron chi connectivity index (χ3n) is 7.39. The molecule has 4 aromatic rings. The Kier molecular flexibility index (Phi) is 9.15. The number of fused-ring (bicyclic) bond motifs is 1. The number of H-pyrrole nitrogens is 1. The van der Waals surface area contributed by atoms with Gasteiger partial charge >= 0.3 is 0 Å². The van der Waals surface area contributed by atoms with Gasteiger partial charge in [0.1, 0.15) is 23.9 Å². The van der Waals surface area contributed by atoms with E-state index in [1.165, 1.54) is 0 Å². The van der Waals surface area contributed by atoms with Crippen molar-refractivity contribution in [3.63, 3.8) is 0 Å². The first-order chi connectivity index (χ1) is 20.0. The molecule has 1 saturated carbocycles. The van der Waals surface area contributed by atoms with Crippen LogP contribution in [0.15, 0.2) is 79.0 Å². The van der Waals surface area contributed by atoms with Crippen LogP contribution < -0.4 is 14.8 Å². The molecule has 0 bridgehead atoms. The van der Waals surface area contributed by atoms with Gasteiger partial charge in [-0.25, -0.2) is 4.98 Å². The number of rotatable bonds is 11. The van der Waals surface area contributed by atoms with E-state index in [9.17, 15) is 4.79 Å². The number of likely N-dealkylation sites (N-methyl/N-ethyl adjacent to an activating group) is 2. The molecule has 9 heteroatoms. The number of pyridine rings is 1. The summed E-state index contributed by atoms with van der Waals surface area (Å²) in [5.41, 5.74) is 1.71. The first kappa shape index (κ1) is 28.2. The fourth-order valence-electron chi connectivity index (χ4n) is 5.12. The second kappa shape index (κ2) is 13.3. The lowest BCUT2D eigenvalue weighted by atomic mass is 9.90. The van der Waals surface area contributed by atoms with E-state index in [1.54, 1.807) is 12.3 Å². The second-order valence-electron chi connectivity index (χ2n) is 10.7. The molecule has 214 valence electrons. The number of amides is 1. The fraction of sp³-hybridized carbons (Fsp3) is 0.344. The lowest BCUT2D eigenvalue weighted by Gasteiger charge is -2.34. The van der Waals surface area contributed by atoms with Gasteiger partial charge in [0, 0.05) is 49.6 Å². The van der Waals surface area contributed by atoms with Crippen LogP contribution in [0.5, 0.6) is 17.2 Å². The molecule has 0 atom stereocenters. The first-order valence-electron chi connectivity index (χ1n) is 14.1. The molecule has 41 heavy (non-hydrogen) atoms. The van der Waals surface area contributed by atoms with Crippen molar-refractivity contribution in [2.75, 3.05) is 33.0 Å².